The lowest BCUT2D eigenvalue weighted by Gasteiger charge is -2.41. The summed E-state index contributed by atoms with van der Waals surface area (Å²) in [7, 11) is 0. The number of hydrogen-bond donors (Lipinski definition) is 0. The molecule has 2 unspecified atom stereocenters. The normalized spacial score (nSPS) is 25.8. The maximum atomic E-state index is 4.73. The third-order valence-electron chi connectivity index (χ3n) is 5.07. The molecule has 0 N–H and O–H groups in total. The summed E-state index contributed by atoms with van der Waals surface area (Å²) in [6.07, 6.45) is 10.7. The molecule has 0 spiro atoms. The van der Waals surface area contributed by atoms with Crippen LogP contribution in [0.2, 0.25) is 0 Å². The number of hydrogen-bond acceptors (Lipinski definition) is 5. The third-order valence-corrected chi connectivity index (χ3v) is 5.96. The minimum atomic E-state index is 0.740. The van der Waals surface area contributed by atoms with Crippen LogP contribution in [0.1, 0.15) is 37.8 Å². The number of likely N-dealkylation sites (tertiary alicyclic amines) is 1. The highest BCUT2D eigenvalue weighted by molar-refractivity contribution is 7.13. The van der Waals surface area contributed by atoms with Crippen molar-refractivity contribution in [1.82, 2.24) is 19.9 Å². The minimum Gasteiger partial charge on any atom is -0.297 e. The monoisotopic (exact) mass is 314 g/mol. The van der Waals surface area contributed by atoms with E-state index >= 15 is 0 Å². The SMILES string of the molecule is c1cnc(-c2nc(CN3CCC4CCCCC4C3)cs2)nc1. The molecule has 1 aliphatic heterocycles. The molecule has 0 aromatic carbocycles. The Balaban J connectivity index is 1.40. The lowest BCUT2D eigenvalue weighted by atomic mass is 9.75. The van der Waals surface area contributed by atoms with Crippen molar-refractivity contribution in [3.05, 3.63) is 29.5 Å². The van der Waals surface area contributed by atoms with E-state index in [4.69, 9.17) is 4.98 Å². The number of rotatable bonds is 3. The van der Waals surface area contributed by atoms with E-state index in [0.29, 0.717) is 0 Å². The molecule has 116 valence electrons. The molecule has 3 heterocycles. The maximum Gasteiger partial charge on any atom is 0.188 e. The fraction of sp³-hybridized carbons (Fsp3) is 0.588. The van der Waals surface area contributed by atoms with Crippen LogP contribution in [0, 0.1) is 11.8 Å². The van der Waals surface area contributed by atoms with E-state index in [9.17, 15) is 0 Å². The second-order valence-electron chi connectivity index (χ2n) is 6.54. The molecule has 1 saturated heterocycles. The first kappa shape index (κ1) is 14.3. The summed E-state index contributed by atoms with van der Waals surface area (Å²) >= 11 is 1.65. The molecule has 2 fully saturated rings. The van der Waals surface area contributed by atoms with Crippen molar-refractivity contribution < 1.29 is 0 Å². The van der Waals surface area contributed by atoms with Crippen LogP contribution >= 0.6 is 11.3 Å². The van der Waals surface area contributed by atoms with Crippen molar-refractivity contribution in [2.24, 2.45) is 11.8 Å². The van der Waals surface area contributed by atoms with Crippen molar-refractivity contribution in [2.45, 2.75) is 38.6 Å². The van der Waals surface area contributed by atoms with Gasteiger partial charge in [0, 0.05) is 30.9 Å². The fourth-order valence-corrected chi connectivity index (χ4v) is 4.70. The van der Waals surface area contributed by atoms with Crippen LogP contribution in [0.3, 0.4) is 0 Å². The van der Waals surface area contributed by atoms with Crippen LogP contribution in [-0.4, -0.2) is 32.9 Å². The van der Waals surface area contributed by atoms with Gasteiger partial charge >= 0.3 is 0 Å². The molecular weight excluding hydrogens is 292 g/mol. The van der Waals surface area contributed by atoms with Crippen LogP contribution < -0.4 is 0 Å². The van der Waals surface area contributed by atoms with Crippen LogP contribution in [-0.2, 0) is 6.54 Å². The van der Waals surface area contributed by atoms with E-state index < -0.39 is 0 Å². The molecule has 4 nitrogen and oxygen atoms in total. The average Bonchev–Trinajstić information content (AvgIpc) is 3.04. The van der Waals surface area contributed by atoms with Gasteiger partial charge < -0.3 is 0 Å². The zero-order valence-corrected chi connectivity index (χ0v) is 13.6. The van der Waals surface area contributed by atoms with Gasteiger partial charge in [-0.25, -0.2) is 15.0 Å². The van der Waals surface area contributed by atoms with Crippen molar-refractivity contribution in [1.29, 1.82) is 0 Å². The Morgan fingerprint density at radius 2 is 1.91 bits per heavy atom. The Labute approximate surface area is 135 Å². The summed E-state index contributed by atoms with van der Waals surface area (Å²) in [6.45, 7) is 3.47. The largest absolute Gasteiger partial charge is 0.297 e. The zero-order chi connectivity index (χ0) is 14.8. The highest BCUT2D eigenvalue weighted by Crippen LogP contribution is 2.36. The quantitative estimate of drug-likeness (QED) is 0.868. The molecule has 22 heavy (non-hydrogen) atoms. The Hall–Kier alpha value is -1.33. The highest BCUT2D eigenvalue weighted by Gasteiger charge is 2.31. The van der Waals surface area contributed by atoms with Gasteiger partial charge in [-0.2, -0.15) is 0 Å². The second-order valence-corrected chi connectivity index (χ2v) is 7.40. The number of fused-ring (bicyclic) bond motifs is 1. The lowest BCUT2D eigenvalue weighted by molar-refractivity contribution is 0.0814. The van der Waals surface area contributed by atoms with Crippen molar-refractivity contribution in [3.63, 3.8) is 0 Å². The lowest BCUT2D eigenvalue weighted by Crippen LogP contribution is -2.41. The molecule has 2 aromatic rings. The van der Waals surface area contributed by atoms with Crippen LogP contribution in [0.25, 0.3) is 10.8 Å². The topological polar surface area (TPSA) is 41.9 Å². The predicted octanol–water partition coefficient (Wildman–Crippen LogP) is 3.61. The van der Waals surface area contributed by atoms with E-state index in [-0.39, 0.29) is 0 Å². The van der Waals surface area contributed by atoms with Crippen molar-refractivity contribution in [2.75, 3.05) is 13.1 Å². The first-order valence-corrected chi connectivity index (χ1v) is 9.20. The molecule has 2 aromatic heterocycles. The summed E-state index contributed by atoms with van der Waals surface area (Å²) < 4.78 is 0. The zero-order valence-electron chi connectivity index (χ0n) is 12.8. The van der Waals surface area contributed by atoms with E-state index in [1.807, 2.05) is 6.07 Å². The van der Waals surface area contributed by atoms with Gasteiger partial charge in [0.2, 0.25) is 0 Å². The summed E-state index contributed by atoms with van der Waals surface area (Å²) in [4.78, 5) is 15.9. The van der Waals surface area contributed by atoms with E-state index in [2.05, 4.69) is 20.2 Å². The van der Waals surface area contributed by atoms with Crippen LogP contribution in [0.15, 0.2) is 23.8 Å². The molecule has 1 saturated carbocycles. The molecule has 4 rings (SSSR count). The second kappa shape index (κ2) is 6.42. The number of aromatic nitrogens is 3. The van der Waals surface area contributed by atoms with Crippen molar-refractivity contribution >= 4 is 11.3 Å². The molecule has 0 bridgehead atoms. The summed E-state index contributed by atoms with van der Waals surface area (Å²) in [5.74, 6) is 2.66. The Kier molecular flexibility index (Phi) is 4.17. The van der Waals surface area contributed by atoms with Gasteiger partial charge in [-0.15, -0.1) is 11.3 Å². The molecular formula is C17H22N4S. The van der Waals surface area contributed by atoms with Gasteiger partial charge in [-0.3, -0.25) is 4.90 Å². The fourth-order valence-electron chi connectivity index (χ4n) is 3.94. The predicted molar refractivity (Wildman–Crippen MR) is 88.5 cm³/mol. The highest BCUT2D eigenvalue weighted by atomic mass is 32.1. The number of piperidine rings is 1. The van der Waals surface area contributed by atoms with Gasteiger partial charge in [0.1, 0.15) is 0 Å². The first-order chi connectivity index (χ1) is 10.9. The van der Waals surface area contributed by atoms with E-state index in [0.717, 1.165) is 29.2 Å². The molecule has 2 atom stereocenters. The Morgan fingerprint density at radius 1 is 1.09 bits per heavy atom. The van der Waals surface area contributed by atoms with Crippen molar-refractivity contribution in [3.8, 4) is 10.8 Å². The van der Waals surface area contributed by atoms with E-state index in [1.165, 1.54) is 50.9 Å². The smallest absolute Gasteiger partial charge is 0.188 e. The summed E-state index contributed by atoms with van der Waals surface area (Å²) in [5.41, 5.74) is 1.17. The summed E-state index contributed by atoms with van der Waals surface area (Å²) in [6, 6.07) is 1.84. The average molecular weight is 314 g/mol. The molecule has 0 amide bonds. The van der Waals surface area contributed by atoms with Crippen LogP contribution in [0.4, 0.5) is 0 Å². The number of thiazole rings is 1. The van der Waals surface area contributed by atoms with Gasteiger partial charge in [0.25, 0.3) is 0 Å². The Morgan fingerprint density at radius 3 is 2.77 bits per heavy atom. The Bertz CT molecular complexity index is 612. The van der Waals surface area contributed by atoms with Gasteiger partial charge in [0.05, 0.1) is 5.69 Å². The number of nitrogens with zero attached hydrogens (tertiary/aromatic N) is 4. The third kappa shape index (κ3) is 3.06. The maximum absolute atomic E-state index is 4.73. The molecule has 5 heteroatoms. The first-order valence-electron chi connectivity index (χ1n) is 8.32. The standard InChI is InChI=1S/C17H22N4S/c1-2-5-14-10-21(9-6-13(14)4-1)11-15-12-22-17(20-15)16-18-7-3-8-19-16/h3,7-8,12-14H,1-2,4-6,9-11H2. The van der Waals surface area contributed by atoms with Gasteiger partial charge in [0.15, 0.2) is 10.8 Å². The summed E-state index contributed by atoms with van der Waals surface area (Å²) in [5, 5.41) is 3.10. The van der Waals surface area contributed by atoms with Gasteiger partial charge in [-0.05, 0) is 37.3 Å². The molecule has 1 aliphatic carbocycles. The molecule has 0 radical (unpaired) electrons. The van der Waals surface area contributed by atoms with E-state index in [1.54, 1.807) is 23.7 Å². The van der Waals surface area contributed by atoms with Gasteiger partial charge in [-0.1, -0.05) is 19.3 Å². The molecule has 2 aliphatic rings. The van der Waals surface area contributed by atoms with Crippen LogP contribution in [0.5, 0.6) is 0 Å². The minimum absolute atomic E-state index is 0.740.